The average Bonchev–Trinajstić information content (AvgIpc) is 3.34. The molecule has 0 aliphatic carbocycles. The number of pyridine rings is 1. The molecule has 3 N–H and O–H groups in total. The van der Waals surface area contributed by atoms with Crippen LogP contribution in [0.5, 0.6) is 0 Å². The number of aromatic amines is 1. The summed E-state index contributed by atoms with van der Waals surface area (Å²) in [6, 6.07) is 17.5. The van der Waals surface area contributed by atoms with E-state index < -0.39 is 0 Å². The molecule has 0 radical (unpaired) electrons. The van der Waals surface area contributed by atoms with E-state index in [4.69, 9.17) is 0 Å². The van der Waals surface area contributed by atoms with Crippen LogP contribution < -0.4 is 10.6 Å². The van der Waals surface area contributed by atoms with Crippen molar-refractivity contribution in [2.24, 2.45) is 0 Å². The van der Waals surface area contributed by atoms with Crippen molar-refractivity contribution in [2.45, 2.75) is 12.8 Å². The summed E-state index contributed by atoms with van der Waals surface area (Å²) in [6.07, 6.45) is 5.55. The molecule has 35 heavy (non-hydrogen) atoms. The van der Waals surface area contributed by atoms with Crippen LogP contribution in [0.25, 0.3) is 10.9 Å². The minimum absolute atomic E-state index is 0. The Hall–Kier alpha value is -3.75. The first-order chi connectivity index (χ1) is 17.1. The summed E-state index contributed by atoms with van der Waals surface area (Å²) in [5.74, 6) is 0.310. The van der Waals surface area contributed by atoms with Crippen molar-refractivity contribution < 1.29 is 6.22 Å². The number of nitrogens with zero attached hydrogens (tertiary/aromatic N) is 4. The molecule has 2 aromatic carbocycles. The van der Waals surface area contributed by atoms with Crippen molar-refractivity contribution in [1.82, 2.24) is 25.0 Å². The van der Waals surface area contributed by atoms with Gasteiger partial charge in [-0.05, 0) is 74.5 Å². The smallest absolute Gasteiger partial charge is 0.259 e. The molecule has 2 aromatic heterocycles. The van der Waals surface area contributed by atoms with Crippen LogP contribution in [0.4, 0.5) is 17.2 Å². The van der Waals surface area contributed by atoms with Gasteiger partial charge in [0.2, 0.25) is 0 Å². The monoisotopic (exact) mass is 471 g/mol. The van der Waals surface area contributed by atoms with Gasteiger partial charge in [0.1, 0.15) is 5.82 Å². The third kappa shape index (κ3) is 5.85. The zero-order valence-corrected chi connectivity index (χ0v) is 20.0. The first-order valence-corrected chi connectivity index (χ1v) is 12.1. The van der Waals surface area contributed by atoms with Crippen molar-refractivity contribution in [1.29, 1.82) is 0 Å². The van der Waals surface area contributed by atoms with Crippen LogP contribution in [0, 0.1) is 0 Å². The Morgan fingerprint density at radius 1 is 1.06 bits per heavy atom. The minimum Gasteiger partial charge on any atom is -0.340 e. The lowest BCUT2D eigenvalue weighted by atomic mass is 10.1. The summed E-state index contributed by atoms with van der Waals surface area (Å²) in [5.41, 5.74) is 4.26. The number of piperazine rings is 1. The number of carbonyl (C=O) groups excluding carboxylic acids is 1. The highest BCUT2D eigenvalue weighted by molar-refractivity contribution is 6.07. The molecule has 0 saturated carbocycles. The lowest BCUT2D eigenvalue weighted by molar-refractivity contribution is 0.102. The maximum Gasteiger partial charge on any atom is 0.259 e. The molecular formula is C27H33N7O. The molecule has 0 bridgehead atoms. The van der Waals surface area contributed by atoms with E-state index in [2.05, 4.69) is 54.8 Å². The predicted molar refractivity (Wildman–Crippen MR) is 142 cm³/mol. The summed E-state index contributed by atoms with van der Waals surface area (Å²) in [7, 11) is 2.18. The molecule has 5 rings (SSSR count). The Bertz CT molecular complexity index is 1300. The van der Waals surface area contributed by atoms with Gasteiger partial charge in [-0.15, -0.1) is 0 Å². The molecule has 4 aromatic rings. The number of hydrogen-bond acceptors (Lipinski definition) is 6. The number of nitrogens with one attached hydrogen (secondary N) is 3. The Labute approximate surface area is 206 Å². The maximum absolute atomic E-state index is 13.1. The lowest BCUT2D eigenvalue weighted by Gasteiger charge is -2.32. The van der Waals surface area contributed by atoms with Crippen LogP contribution in [0.3, 0.4) is 0 Å². The van der Waals surface area contributed by atoms with Gasteiger partial charge in [0.05, 0.1) is 17.3 Å². The Kier molecular flexibility index (Phi) is 7.02. The van der Waals surface area contributed by atoms with Crippen molar-refractivity contribution in [3.8, 4) is 0 Å². The van der Waals surface area contributed by atoms with E-state index in [9.17, 15) is 4.79 Å². The first-order valence-electron chi connectivity index (χ1n) is 12.1. The van der Waals surface area contributed by atoms with E-state index in [0.29, 0.717) is 11.4 Å². The SMILES string of the molecule is CN1CCN(CCCc2cccc(NC(=O)c3cccnc3Nc3ccc4cn[nH]c4c3)c2)CC1.[HH]. The molecular weight excluding hydrogens is 438 g/mol. The molecule has 0 spiro atoms. The molecule has 1 saturated heterocycles. The van der Waals surface area contributed by atoms with Gasteiger partial charge in [-0.3, -0.25) is 9.89 Å². The predicted octanol–water partition coefficient (Wildman–Crippen LogP) is 4.38. The average molecular weight is 472 g/mol. The van der Waals surface area contributed by atoms with Gasteiger partial charge in [-0.25, -0.2) is 4.98 Å². The number of aryl methyl sites for hydroxylation is 1. The first kappa shape index (κ1) is 23.0. The Morgan fingerprint density at radius 3 is 2.83 bits per heavy atom. The van der Waals surface area contributed by atoms with E-state index in [1.165, 1.54) is 5.56 Å². The Balaban J connectivity index is 0.00000304. The number of hydrogen-bond donors (Lipinski definition) is 3. The molecule has 1 aliphatic rings. The minimum atomic E-state index is -0.196. The third-order valence-electron chi connectivity index (χ3n) is 6.48. The largest absolute Gasteiger partial charge is 0.340 e. The number of carbonyl (C=O) groups is 1. The number of fused-ring (bicyclic) bond motifs is 1. The van der Waals surface area contributed by atoms with E-state index in [1.54, 1.807) is 24.5 Å². The number of amides is 1. The van der Waals surface area contributed by atoms with E-state index in [-0.39, 0.29) is 7.33 Å². The van der Waals surface area contributed by atoms with Gasteiger partial charge < -0.3 is 20.4 Å². The van der Waals surface area contributed by atoms with Crippen LogP contribution >= 0.6 is 0 Å². The summed E-state index contributed by atoms with van der Waals surface area (Å²) in [5, 5.41) is 14.4. The molecule has 8 heteroatoms. The van der Waals surface area contributed by atoms with Crippen LogP contribution in [-0.2, 0) is 6.42 Å². The fourth-order valence-corrected chi connectivity index (χ4v) is 4.42. The van der Waals surface area contributed by atoms with Crippen molar-refractivity contribution in [2.75, 3.05) is 50.4 Å². The number of H-pyrrole nitrogens is 1. The summed E-state index contributed by atoms with van der Waals surface area (Å²) in [6.45, 7) is 5.68. The standard InChI is InChI=1S/C27H31N7O.H2/c1-33-13-15-34(16-14-33)12-4-6-20-5-2-7-22(17-20)31-27(35)24-8-3-11-28-26(24)30-23-10-9-21-19-29-32-25(21)18-23;/h2-3,5,7-11,17-19H,4,6,12-16H2,1H3,(H,28,30)(H,29,32)(H,31,35);1H. The van der Waals surface area contributed by atoms with Crippen LogP contribution in [-0.4, -0.2) is 70.7 Å². The fraction of sp³-hybridized carbons (Fsp3) is 0.296. The fourth-order valence-electron chi connectivity index (χ4n) is 4.42. The van der Waals surface area contributed by atoms with Gasteiger partial charge in [0.15, 0.2) is 0 Å². The van der Waals surface area contributed by atoms with Gasteiger partial charge in [0.25, 0.3) is 5.91 Å². The third-order valence-corrected chi connectivity index (χ3v) is 6.48. The number of anilines is 3. The van der Waals surface area contributed by atoms with E-state index >= 15 is 0 Å². The number of rotatable bonds is 8. The van der Waals surface area contributed by atoms with Gasteiger partial charge >= 0.3 is 0 Å². The van der Waals surface area contributed by atoms with Crippen LogP contribution in [0.2, 0.25) is 0 Å². The molecule has 0 atom stereocenters. The molecule has 8 nitrogen and oxygen atoms in total. The summed E-state index contributed by atoms with van der Waals surface area (Å²) >= 11 is 0. The van der Waals surface area contributed by atoms with Crippen LogP contribution in [0.15, 0.2) is 67.0 Å². The summed E-state index contributed by atoms with van der Waals surface area (Å²) in [4.78, 5) is 22.5. The highest BCUT2D eigenvalue weighted by Crippen LogP contribution is 2.23. The van der Waals surface area contributed by atoms with E-state index in [1.807, 2.05) is 30.3 Å². The highest BCUT2D eigenvalue weighted by atomic mass is 16.1. The van der Waals surface area contributed by atoms with Gasteiger partial charge in [-0.2, -0.15) is 5.10 Å². The van der Waals surface area contributed by atoms with Gasteiger partial charge in [-0.1, -0.05) is 12.1 Å². The lowest BCUT2D eigenvalue weighted by Crippen LogP contribution is -2.44. The van der Waals surface area contributed by atoms with Gasteiger partial charge in [0, 0.05) is 50.6 Å². The second kappa shape index (κ2) is 10.7. The maximum atomic E-state index is 13.1. The molecule has 1 fully saturated rings. The normalized spacial score (nSPS) is 14.8. The van der Waals surface area contributed by atoms with Crippen molar-refractivity contribution in [3.05, 3.63) is 78.1 Å². The number of likely N-dealkylation sites (N-methyl/N-ethyl adjacent to an activating group) is 1. The molecule has 182 valence electrons. The molecule has 0 unspecified atom stereocenters. The van der Waals surface area contributed by atoms with Crippen molar-refractivity contribution in [3.63, 3.8) is 0 Å². The van der Waals surface area contributed by atoms with Crippen molar-refractivity contribution >= 4 is 34.0 Å². The van der Waals surface area contributed by atoms with E-state index in [0.717, 1.165) is 67.8 Å². The quantitative estimate of drug-likeness (QED) is 0.353. The topological polar surface area (TPSA) is 89.2 Å². The zero-order valence-electron chi connectivity index (χ0n) is 20.0. The molecule has 1 amide bonds. The summed E-state index contributed by atoms with van der Waals surface area (Å²) < 4.78 is 0. The molecule has 3 heterocycles. The zero-order chi connectivity index (χ0) is 24.0. The number of aromatic nitrogens is 3. The Morgan fingerprint density at radius 2 is 1.94 bits per heavy atom. The van der Waals surface area contributed by atoms with Crippen LogP contribution in [0.1, 0.15) is 23.8 Å². The second-order valence-electron chi connectivity index (χ2n) is 9.10. The highest BCUT2D eigenvalue weighted by Gasteiger charge is 2.15. The number of benzene rings is 2. The molecule has 1 aliphatic heterocycles. The second-order valence-corrected chi connectivity index (χ2v) is 9.10.